The summed E-state index contributed by atoms with van der Waals surface area (Å²) in [6.07, 6.45) is 4.35. The van der Waals surface area contributed by atoms with E-state index in [-0.39, 0.29) is 11.8 Å². The van der Waals surface area contributed by atoms with Crippen molar-refractivity contribution in [2.24, 2.45) is 5.92 Å². The smallest absolute Gasteiger partial charge is 0.322 e. The van der Waals surface area contributed by atoms with E-state index in [9.17, 15) is 9.59 Å². The third kappa shape index (κ3) is 3.50. The number of carbonyl (C=O) groups is 2. The molecule has 0 bridgehead atoms. The zero-order valence-corrected chi connectivity index (χ0v) is 18.0. The van der Waals surface area contributed by atoms with Gasteiger partial charge in [-0.2, -0.15) is 0 Å². The van der Waals surface area contributed by atoms with Gasteiger partial charge in [-0.25, -0.2) is 0 Å². The van der Waals surface area contributed by atoms with Crippen LogP contribution >= 0.6 is 11.6 Å². The van der Waals surface area contributed by atoms with Crippen LogP contribution in [0.1, 0.15) is 61.6 Å². The summed E-state index contributed by atoms with van der Waals surface area (Å²) in [5.41, 5.74) is 4.00. The minimum Gasteiger partial charge on any atom is -0.450 e. The highest BCUT2D eigenvalue weighted by Gasteiger charge is 2.56. The third-order valence-electron chi connectivity index (χ3n) is 6.81. The number of halogens is 1. The number of ketones is 1. The number of aryl methyl sites for hydroxylation is 2. The molecule has 2 aliphatic rings. The summed E-state index contributed by atoms with van der Waals surface area (Å²) in [7, 11) is 0. The molecule has 29 heavy (non-hydrogen) atoms. The quantitative estimate of drug-likeness (QED) is 0.448. The fourth-order valence-corrected chi connectivity index (χ4v) is 5.06. The van der Waals surface area contributed by atoms with Crippen molar-refractivity contribution >= 4 is 23.4 Å². The first-order valence-electron chi connectivity index (χ1n) is 10.5. The van der Waals surface area contributed by atoms with Gasteiger partial charge in [0.2, 0.25) is 0 Å². The molecule has 1 saturated carbocycles. The van der Waals surface area contributed by atoms with E-state index in [4.69, 9.17) is 16.3 Å². The van der Waals surface area contributed by atoms with Crippen LogP contribution in [-0.2, 0) is 14.3 Å². The molecule has 0 N–H and O–H groups in total. The molecule has 3 nitrogen and oxygen atoms in total. The summed E-state index contributed by atoms with van der Waals surface area (Å²) < 4.78 is 5.78. The molecule has 2 aromatic rings. The minimum atomic E-state index is -0.900. The zero-order valence-electron chi connectivity index (χ0n) is 17.3. The molecule has 1 spiro atoms. The van der Waals surface area contributed by atoms with Gasteiger partial charge in [-0.15, -0.1) is 0 Å². The van der Waals surface area contributed by atoms with Crippen LogP contribution in [0.25, 0.3) is 11.1 Å². The van der Waals surface area contributed by atoms with Crippen molar-refractivity contribution in [3.8, 4) is 11.1 Å². The van der Waals surface area contributed by atoms with E-state index >= 15 is 0 Å². The number of Topliss-reactive ketones (excluding diaryl/α,β-unsaturated/α-hetero) is 1. The first kappa shape index (κ1) is 20.2. The van der Waals surface area contributed by atoms with Gasteiger partial charge in [-0.05, 0) is 85.4 Å². The van der Waals surface area contributed by atoms with Crippen LogP contribution in [0.3, 0.4) is 0 Å². The van der Waals surface area contributed by atoms with Crippen LogP contribution < -0.4 is 0 Å². The summed E-state index contributed by atoms with van der Waals surface area (Å²) in [6.45, 7) is 6.16. The molecule has 4 rings (SSSR count). The second kappa shape index (κ2) is 7.60. The highest BCUT2D eigenvalue weighted by Crippen LogP contribution is 2.46. The van der Waals surface area contributed by atoms with Crippen LogP contribution in [0.5, 0.6) is 0 Å². The van der Waals surface area contributed by atoms with Crippen LogP contribution in [0, 0.1) is 19.8 Å². The molecule has 2 fully saturated rings. The van der Waals surface area contributed by atoms with Gasteiger partial charge in [-0.1, -0.05) is 49.2 Å². The largest absolute Gasteiger partial charge is 0.450 e. The Bertz CT molecular complexity index is 953. The minimum absolute atomic E-state index is 0.0428. The van der Waals surface area contributed by atoms with Gasteiger partial charge in [0.1, 0.15) is 5.92 Å². The summed E-state index contributed by atoms with van der Waals surface area (Å²) in [5.74, 6) is -0.592. The van der Waals surface area contributed by atoms with Crippen molar-refractivity contribution in [1.82, 2.24) is 0 Å². The average molecular weight is 411 g/mol. The first-order chi connectivity index (χ1) is 13.8. The molecular weight excluding hydrogens is 384 g/mol. The maximum absolute atomic E-state index is 13.4. The number of benzene rings is 2. The SMILES string of the molecule is CCC1CCC2(CC1)OC(=O)C(c1cc(C)c(-c3ccc(Cl)cc3)cc1C)C2=O. The van der Waals surface area contributed by atoms with Gasteiger partial charge < -0.3 is 4.74 Å². The second-order valence-electron chi connectivity index (χ2n) is 8.59. The Labute approximate surface area is 177 Å². The summed E-state index contributed by atoms with van der Waals surface area (Å²) >= 11 is 6.01. The van der Waals surface area contributed by atoms with Crippen molar-refractivity contribution in [2.45, 2.75) is 64.4 Å². The van der Waals surface area contributed by atoms with E-state index in [1.807, 2.05) is 44.2 Å². The molecule has 1 saturated heterocycles. The molecule has 1 aliphatic carbocycles. The Morgan fingerprint density at radius 1 is 1.03 bits per heavy atom. The molecule has 152 valence electrons. The van der Waals surface area contributed by atoms with Gasteiger partial charge in [0.05, 0.1) is 0 Å². The molecule has 1 heterocycles. The predicted molar refractivity (Wildman–Crippen MR) is 115 cm³/mol. The molecule has 0 aromatic heterocycles. The fraction of sp³-hybridized carbons (Fsp3) is 0.440. The van der Waals surface area contributed by atoms with Crippen molar-refractivity contribution in [2.75, 3.05) is 0 Å². The van der Waals surface area contributed by atoms with Crippen LogP contribution in [0.15, 0.2) is 36.4 Å². The molecule has 0 amide bonds. The number of rotatable bonds is 3. The molecule has 1 unspecified atom stereocenters. The van der Waals surface area contributed by atoms with Gasteiger partial charge in [0, 0.05) is 5.02 Å². The van der Waals surface area contributed by atoms with Crippen molar-refractivity contribution < 1.29 is 14.3 Å². The highest BCUT2D eigenvalue weighted by atomic mass is 35.5. The Morgan fingerprint density at radius 2 is 1.69 bits per heavy atom. The molecule has 1 aliphatic heterocycles. The lowest BCUT2D eigenvalue weighted by Crippen LogP contribution is -2.41. The number of hydrogen-bond acceptors (Lipinski definition) is 3. The number of hydrogen-bond donors (Lipinski definition) is 0. The standard InChI is InChI=1S/C25H27ClO3/c1-4-17-9-11-25(12-10-17)23(27)22(24(28)29-25)21-14-15(2)20(13-16(21)3)18-5-7-19(26)8-6-18/h5-8,13-14,17,22H,4,9-12H2,1-3H3. The monoisotopic (exact) mass is 410 g/mol. The van der Waals surface area contributed by atoms with Crippen molar-refractivity contribution in [3.63, 3.8) is 0 Å². The van der Waals surface area contributed by atoms with Gasteiger partial charge in [0.15, 0.2) is 11.4 Å². The van der Waals surface area contributed by atoms with Gasteiger partial charge >= 0.3 is 5.97 Å². The lowest BCUT2D eigenvalue weighted by molar-refractivity contribution is -0.155. The molecule has 2 aromatic carbocycles. The number of carbonyl (C=O) groups excluding carboxylic acids is 2. The van der Waals surface area contributed by atoms with E-state index < -0.39 is 11.5 Å². The van der Waals surface area contributed by atoms with E-state index in [2.05, 4.69) is 13.0 Å². The van der Waals surface area contributed by atoms with Crippen LogP contribution in [0.4, 0.5) is 0 Å². The molecule has 1 atom stereocenters. The van der Waals surface area contributed by atoms with Crippen molar-refractivity contribution in [3.05, 3.63) is 58.1 Å². The summed E-state index contributed by atoms with van der Waals surface area (Å²) in [6, 6.07) is 11.8. The summed E-state index contributed by atoms with van der Waals surface area (Å²) in [4.78, 5) is 26.2. The fourth-order valence-electron chi connectivity index (χ4n) is 4.93. The number of esters is 1. The zero-order chi connectivity index (χ0) is 20.8. The Kier molecular flexibility index (Phi) is 5.29. The predicted octanol–water partition coefficient (Wildman–Crippen LogP) is 6.17. The third-order valence-corrected chi connectivity index (χ3v) is 7.06. The highest BCUT2D eigenvalue weighted by molar-refractivity contribution is 6.30. The average Bonchev–Trinajstić information content (AvgIpc) is 2.94. The van der Waals surface area contributed by atoms with E-state index in [0.29, 0.717) is 23.8 Å². The normalized spacial score (nSPS) is 26.8. The Balaban J connectivity index is 1.66. The Morgan fingerprint density at radius 3 is 2.31 bits per heavy atom. The van der Waals surface area contributed by atoms with E-state index in [1.54, 1.807) is 0 Å². The first-order valence-corrected chi connectivity index (χ1v) is 10.9. The lowest BCUT2D eigenvalue weighted by Gasteiger charge is -2.34. The van der Waals surface area contributed by atoms with Crippen LogP contribution in [-0.4, -0.2) is 17.4 Å². The lowest BCUT2D eigenvalue weighted by atomic mass is 9.73. The van der Waals surface area contributed by atoms with Crippen LogP contribution in [0.2, 0.25) is 5.02 Å². The molecular formula is C25H27ClO3. The maximum atomic E-state index is 13.4. The topological polar surface area (TPSA) is 43.4 Å². The van der Waals surface area contributed by atoms with Crippen molar-refractivity contribution in [1.29, 1.82) is 0 Å². The Hall–Kier alpha value is -2.13. The maximum Gasteiger partial charge on any atom is 0.322 e. The van der Waals surface area contributed by atoms with Gasteiger partial charge in [0.25, 0.3) is 0 Å². The van der Waals surface area contributed by atoms with Gasteiger partial charge in [-0.3, -0.25) is 9.59 Å². The van der Waals surface area contributed by atoms with E-state index in [1.165, 1.54) is 0 Å². The molecule has 4 heteroatoms. The summed E-state index contributed by atoms with van der Waals surface area (Å²) in [5, 5.41) is 0.696. The van der Waals surface area contributed by atoms with E-state index in [0.717, 1.165) is 47.1 Å². The number of ether oxygens (including phenoxy) is 1. The second-order valence-corrected chi connectivity index (χ2v) is 9.03. The molecule has 0 radical (unpaired) electrons.